The Bertz CT molecular complexity index is 231. The maximum atomic E-state index is 11.2. The summed E-state index contributed by atoms with van der Waals surface area (Å²) in [6.07, 6.45) is 4.97. The lowest BCUT2D eigenvalue weighted by molar-refractivity contribution is -0.129. The van der Waals surface area contributed by atoms with Gasteiger partial charge in [-0.2, -0.15) is 0 Å². The van der Waals surface area contributed by atoms with E-state index in [9.17, 15) is 4.79 Å². The van der Waals surface area contributed by atoms with Crippen molar-refractivity contribution < 1.29 is 9.53 Å². The largest absolute Gasteiger partial charge is 0.377 e. The maximum absolute atomic E-state index is 11.2. The van der Waals surface area contributed by atoms with Gasteiger partial charge in [0.15, 0.2) is 0 Å². The minimum absolute atomic E-state index is 0.206. The topological polar surface area (TPSA) is 41.6 Å². The van der Waals surface area contributed by atoms with Gasteiger partial charge in [0.05, 0.1) is 6.10 Å². The predicted molar refractivity (Wildman–Crippen MR) is 62.3 cm³/mol. The lowest BCUT2D eigenvalue weighted by atomic mass is 10.0. The Morgan fingerprint density at radius 3 is 2.69 bits per heavy atom. The summed E-state index contributed by atoms with van der Waals surface area (Å²) in [5.74, 6) is 0.206. The number of nitrogens with one attached hydrogen (secondary N) is 1. The van der Waals surface area contributed by atoms with Crippen molar-refractivity contribution in [3.05, 3.63) is 0 Å². The second kappa shape index (κ2) is 5.64. The van der Waals surface area contributed by atoms with E-state index in [1.807, 2.05) is 4.90 Å². The fourth-order valence-corrected chi connectivity index (χ4v) is 2.50. The lowest BCUT2D eigenvalue weighted by Crippen LogP contribution is -2.45. The Morgan fingerprint density at radius 2 is 2.12 bits per heavy atom. The molecule has 0 radical (unpaired) electrons. The van der Waals surface area contributed by atoms with Gasteiger partial charge in [-0.15, -0.1) is 0 Å². The first kappa shape index (κ1) is 11.9. The number of hydrogen-bond acceptors (Lipinski definition) is 3. The van der Waals surface area contributed by atoms with Crippen LogP contribution in [0.4, 0.5) is 0 Å². The summed E-state index contributed by atoms with van der Waals surface area (Å²) < 4.78 is 5.58. The molecule has 1 N–H and O–H groups in total. The second-order valence-corrected chi connectivity index (χ2v) is 4.82. The summed E-state index contributed by atoms with van der Waals surface area (Å²) in [5.41, 5.74) is 0. The molecule has 2 heterocycles. The van der Waals surface area contributed by atoms with Crippen LogP contribution in [0.25, 0.3) is 0 Å². The van der Waals surface area contributed by atoms with Crippen molar-refractivity contribution in [2.45, 2.75) is 44.8 Å². The Hall–Kier alpha value is -0.610. The van der Waals surface area contributed by atoms with Crippen LogP contribution in [0.15, 0.2) is 0 Å². The molecule has 0 aromatic heterocycles. The highest BCUT2D eigenvalue weighted by Gasteiger charge is 2.22. The molecule has 4 heteroatoms. The van der Waals surface area contributed by atoms with Gasteiger partial charge < -0.3 is 15.0 Å². The van der Waals surface area contributed by atoms with E-state index in [4.69, 9.17) is 4.74 Å². The summed E-state index contributed by atoms with van der Waals surface area (Å²) in [5, 5.41) is 3.56. The molecule has 1 amide bonds. The van der Waals surface area contributed by atoms with Gasteiger partial charge in [-0.1, -0.05) is 0 Å². The molecule has 2 fully saturated rings. The fraction of sp³-hybridized carbons (Fsp3) is 0.917. The number of piperidine rings is 1. The molecule has 0 spiro atoms. The molecular weight excluding hydrogens is 204 g/mol. The molecule has 0 aromatic rings. The number of nitrogens with zero attached hydrogens (tertiary/aromatic N) is 1. The Kier molecular flexibility index (Phi) is 4.18. The highest BCUT2D eigenvalue weighted by Crippen LogP contribution is 2.13. The first-order valence-corrected chi connectivity index (χ1v) is 6.36. The van der Waals surface area contributed by atoms with E-state index in [0.717, 1.165) is 39.1 Å². The average molecular weight is 226 g/mol. The number of likely N-dealkylation sites (tertiary alicyclic amines) is 1. The minimum Gasteiger partial charge on any atom is -0.377 e. The number of carbonyl (C=O) groups is 1. The van der Waals surface area contributed by atoms with Crippen LogP contribution in [-0.4, -0.2) is 49.2 Å². The van der Waals surface area contributed by atoms with Crippen molar-refractivity contribution >= 4 is 5.91 Å². The van der Waals surface area contributed by atoms with Crippen LogP contribution in [0, 0.1) is 0 Å². The van der Waals surface area contributed by atoms with Crippen LogP contribution in [0.5, 0.6) is 0 Å². The summed E-state index contributed by atoms with van der Waals surface area (Å²) >= 11 is 0. The van der Waals surface area contributed by atoms with Gasteiger partial charge in [0.1, 0.15) is 0 Å². The van der Waals surface area contributed by atoms with Gasteiger partial charge in [-0.3, -0.25) is 4.79 Å². The lowest BCUT2D eigenvalue weighted by Gasteiger charge is -2.32. The Morgan fingerprint density at radius 1 is 1.38 bits per heavy atom. The van der Waals surface area contributed by atoms with E-state index in [2.05, 4.69) is 5.32 Å². The van der Waals surface area contributed by atoms with Crippen molar-refractivity contribution in [3.63, 3.8) is 0 Å². The van der Waals surface area contributed by atoms with E-state index in [-0.39, 0.29) is 5.91 Å². The van der Waals surface area contributed by atoms with E-state index in [1.54, 1.807) is 6.92 Å². The zero-order valence-corrected chi connectivity index (χ0v) is 10.1. The third-order valence-electron chi connectivity index (χ3n) is 3.60. The number of amides is 1. The van der Waals surface area contributed by atoms with Crippen LogP contribution in [0.2, 0.25) is 0 Å². The van der Waals surface area contributed by atoms with Crippen LogP contribution >= 0.6 is 0 Å². The Labute approximate surface area is 97.3 Å². The molecule has 92 valence electrons. The SMILES string of the molecule is CC(=O)N1CCC(NCC2CCCO2)CC1. The molecule has 2 saturated heterocycles. The molecule has 2 aliphatic heterocycles. The molecule has 2 aliphatic rings. The van der Waals surface area contributed by atoms with E-state index < -0.39 is 0 Å². The summed E-state index contributed by atoms with van der Waals surface area (Å²) in [7, 11) is 0. The standard InChI is InChI=1S/C12H22N2O2/c1-10(15)14-6-4-11(5-7-14)13-9-12-3-2-8-16-12/h11-13H,2-9H2,1H3. The third-order valence-corrected chi connectivity index (χ3v) is 3.60. The van der Waals surface area contributed by atoms with Crippen molar-refractivity contribution in [3.8, 4) is 0 Å². The van der Waals surface area contributed by atoms with Gasteiger partial charge in [0.2, 0.25) is 5.91 Å². The molecule has 16 heavy (non-hydrogen) atoms. The van der Waals surface area contributed by atoms with Crippen molar-refractivity contribution in [1.82, 2.24) is 10.2 Å². The highest BCUT2D eigenvalue weighted by atomic mass is 16.5. The van der Waals surface area contributed by atoms with E-state index >= 15 is 0 Å². The number of hydrogen-bond donors (Lipinski definition) is 1. The molecule has 2 rings (SSSR count). The monoisotopic (exact) mass is 226 g/mol. The summed E-state index contributed by atoms with van der Waals surface area (Å²) in [4.78, 5) is 13.1. The molecule has 1 atom stereocenters. The smallest absolute Gasteiger partial charge is 0.219 e. The Balaban J connectivity index is 1.63. The van der Waals surface area contributed by atoms with Crippen molar-refractivity contribution in [1.29, 1.82) is 0 Å². The van der Waals surface area contributed by atoms with E-state index in [0.29, 0.717) is 12.1 Å². The zero-order valence-electron chi connectivity index (χ0n) is 10.1. The van der Waals surface area contributed by atoms with Crippen LogP contribution in [0.1, 0.15) is 32.6 Å². The zero-order chi connectivity index (χ0) is 11.4. The molecule has 0 aromatic carbocycles. The van der Waals surface area contributed by atoms with Crippen molar-refractivity contribution in [2.24, 2.45) is 0 Å². The summed E-state index contributed by atoms with van der Waals surface area (Å²) in [6.45, 7) is 5.36. The third kappa shape index (κ3) is 3.19. The molecule has 1 unspecified atom stereocenters. The second-order valence-electron chi connectivity index (χ2n) is 4.82. The molecule has 0 aliphatic carbocycles. The molecule has 0 saturated carbocycles. The molecular formula is C12H22N2O2. The van der Waals surface area contributed by atoms with E-state index in [1.165, 1.54) is 12.8 Å². The predicted octanol–water partition coefficient (Wildman–Crippen LogP) is 0.766. The van der Waals surface area contributed by atoms with Crippen LogP contribution in [0.3, 0.4) is 0 Å². The average Bonchev–Trinajstić information content (AvgIpc) is 2.80. The van der Waals surface area contributed by atoms with Gasteiger partial charge in [0.25, 0.3) is 0 Å². The number of rotatable bonds is 3. The minimum atomic E-state index is 0.206. The maximum Gasteiger partial charge on any atom is 0.219 e. The number of carbonyl (C=O) groups excluding carboxylic acids is 1. The normalized spacial score (nSPS) is 27.3. The van der Waals surface area contributed by atoms with Gasteiger partial charge in [0, 0.05) is 39.2 Å². The van der Waals surface area contributed by atoms with Gasteiger partial charge in [-0.25, -0.2) is 0 Å². The quantitative estimate of drug-likeness (QED) is 0.772. The first-order chi connectivity index (χ1) is 7.75. The molecule has 0 bridgehead atoms. The van der Waals surface area contributed by atoms with Gasteiger partial charge >= 0.3 is 0 Å². The van der Waals surface area contributed by atoms with Crippen LogP contribution < -0.4 is 5.32 Å². The van der Waals surface area contributed by atoms with Crippen LogP contribution in [-0.2, 0) is 9.53 Å². The van der Waals surface area contributed by atoms with Crippen molar-refractivity contribution in [2.75, 3.05) is 26.2 Å². The highest BCUT2D eigenvalue weighted by molar-refractivity contribution is 5.73. The molecule has 4 nitrogen and oxygen atoms in total. The van der Waals surface area contributed by atoms with Gasteiger partial charge in [-0.05, 0) is 25.7 Å². The fourth-order valence-electron chi connectivity index (χ4n) is 2.50. The first-order valence-electron chi connectivity index (χ1n) is 6.36. The summed E-state index contributed by atoms with van der Waals surface area (Å²) in [6, 6.07) is 0.569. The number of ether oxygens (including phenoxy) is 1.